The van der Waals surface area contributed by atoms with Gasteiger partial charge in [0.1, 0.15) is 11.5 Å². The Morgan fingerprint density at radius 3 is 2.41 bits per heavy atom. The van der Waals surface area contributed by atoms with E-state index < -0.39 is 11.8 Å². The van der Waals surface area contributed by atoms with Gasteiger partial charge in [-0.2, -0.15) is 0 Å². The molecule has 32 heavy (non-hydrogen) atoms. The van der Waals surface area contributed by atoms with Gasteiger partial charge in [-0.3, -0.25) is 14.4 Å². The molecule has 2 aromatic carbocycles. The molecule has 0 aliphatic rings. The van der Waals surface area contributed by atoms with Gasteiger partial charge in [0.05, 0.1) is 12.8 Å². The van der Waals surface area contributed by atoms with E-state index >= 15 is 0 Å². The standard InChI is InChI=1S/C25H25N3O4/c1-17-9-7-13-21(18(17)2)26-23(29)16-28(3)25(31)22(15-20-12-8-14-32-20)27-24(30)19-10-5-4-6-11-19/h4-15H,16H2,1-3H3,(H,26,29)(H,27,30). The van der Waals surface area contributed by atoms with Crippen LogP contribution in [0.1, 0.15) is 27.2 Å². The molecule has 0 bridgehead atoms. The summed E-state index contributed by atoms with van der Waals surface area (Å²) >= 11 is 0. The first kappa shape index (κ1) is 22.6. The number of hydrogen-bond donors (Lipinski definition) is 2. The molecular formula is C25H25N3O4. The first-order valence-corrected chi connectivity index (χ1v) is 10.1. The molecule has 0 aliphatic carbocycles. The average Bonchev–Trinajstić information content (AvgIpc) is 3.29. The Kier molecular flexibility index (Phi) is 7.23. The predicted octanol–water partition coefficient (Wildman–Crippen LogP) is 3.76. The normalized spacial score (nSPS) is 11.0. The minimum absolute atomic E-state index is 0.00385. The number of furan rings is 1. The largest absolute Gasteiger partial charge is 0.465 e. The highest BCUT2D eigenvalue weighted by Crippen LogP contribution is 2.18. The minimum atomic E-state index is -0.526. The number of nitrogens with one attached hydrogen (secondary N) is 2. The Morgan fingerprint density at radius 1 is 0.969 bits per heavy atom. The number of benzene rings is 2. The van der Waals surface area contributed by atoms with Gasteiger partial charge < -0.3 is 20.0 Å². The van der Waals surface area contributed by atoms with E-state index in [0.717, 1.165) is 11.1 Å². The second-order valence-corrected chi connectivity index (χ2v) is 7.35. The van der Waals surface area contributed by atoms with Crippen LogP contribution in [0.4, 0.5) is 5.69 Å². The molecule has 0 radical (unpaired) electrons. The first-order valence-electron chi connectivity index (χ1n) is 10.1. The van der Waals surface area contributed by atoms with Crippen molar-refractivity contribution in [2.75, 3.05) is 18.9 Å². The van der Waals surface area contributed by atoms with E-state index in [1.807, 2.05) is 32.0 Å². The van der Waals surface area contributed by atoms with Crippen molar-refractivity contribution < 1.29 is 18.8 Å². The summed E-state index contributed by atoms with van der Waals surface area (Å²) in [7, 11) is 1.50. The molecular weight excluding hydrogens is 406 g/mol. The molecule has 0 saturated heterocycles. The van der Waals surface area contributed by atoms with Crippen LogP contribution in [0, 0.1) is 13.8 Å². The van der Waals surface area contributed by atoms with Crippen LogP contribution in [-0.2, 0) is 9.59 Å². The molecule has 0 fully saturated rings. The highest BCUT2D eigenvalue weighted by Gasteiger charge is 2.21. The molecule has 3 aromatic rings. The van der Waals surface area contributed by atoms with Gasteiger partial charge >= 0.3 is 0 Å². The number of hydrogen-bond acceptors (Lipinski definition) is 4. The summed E-state index contributed by atoms with van der Waals surface area (Å²) in [4.78, 5) is 39.5. The topological polar surface area (TPSA) is 91.7 Å². The van der Waals surface area contributed by atoms with Crippen molar-refractivity contribution in [3.8, 4) is 0 Å². The van der Waals surface area contributed by atoms with E-state index in [9.17, 15) is 14.4 Å². The zero-order chi connectivity index (χ0) is 23.1. The third-order valence-corrected chi connectivity index (χ3v) is 4.95. The summed E-state index contributed by atoms with van der Waals surface area (Å²) in [5, 5.41) is 5.46. The van der Waals surface area contributed by atoms with Crippen LogP contribution in [-0.4, -0.2) is 36.2 Å². The fraction of sp³-hybridized carbons (Fsp3) is 0.160. The van der Waals surface area contributed by atoms with Gasteiger partial charge in [0.2, 0.25) is 5.91 Å². The molecule has 1 aromatic heterocycles. The molecule has 0 saturated carbocycles. The van der Waals surface area contributed by atoms with Crippen LogP contribution < -0.4 is 10.6 Å². The maximum absolute atomic E-state index is 13.1. The van der Waals surface area contributed by atoms with Crippen molar-refractivity contribution in [2.45, 2.75) is 13.8 Å². The van der Waals surface area contributed by atoms with E-state index in [2.05, 4.69) is 10.6 Å². The highest BCUT2D eigenvalue weighted by molar-refractivity contribution is 6.06. The van der Waals surface area contributed by atoms with Crippen molar-refractivity contribution in [2.24, 2.45) is 0 Å². The Hall–Kier alpha value is -4.13. The summed E-state index contributed by atoms with van der Waals surface area (Å²) in [5.41, 5.74) is 3.11. The lowest BCUT2D eigenvalue weighted by atomic mass is 10.1. The van der Waals surface area contributed by atoms with Crippen LogP contribution in [0.3, 0.4) is 0 Å². The number of carbonyl (C=O) groups is 3. The number of amides is 3. The molecule has 0 spiro atoms. The van der Waals surface area contributed by atoms with Gasteiger partial charge in [0.15, 0.2) is 0 Å². The highest BCUT2D eigenvalue weighted by atomic mass is 16.3. The van der Waals surface area contributed by atoms with Gasteiger partial charge in [0.25, 0.3) is 11.8 Å². The molecule has 0 unspecified atom stereocenters. The summed E-state index contributed by atoms with van der Waals surface area (Å²) < 4.78 is 5.29. The zero-order valence-corrected chi connectivity index (χ0v) is 18.2. The van der Waals surface area contributed by atoms with Crippen molar-refractivity contribution in [1.82, 2.24) is 10.2 Å². The van der Waals surface area contributed by atoms with E-state index in [1.165, 1.54) is 24.3 Å². The summed E-state index contributed by atoms with van der Waals surface area (Å²) in [6, 6.07) is 17.5. The number of rotatable bonds is 7. The maximum Gasteiger partial charge on any atom is 0.270 e. The number of aryl methyl sites for hydroxylation is 1. The van der Waals surface area contributed by atoms with Crippen LogP contribution in [0.2, 0.25) is 0 Å². The molecule has 1 heterocycles. The molecule has 3 rings (SSSR count). The lowest BCUT2D eigenvalue weighted by Gasteiger charge is -2.19. The third kappa shape index (κ3) is 5.72. The van der Waals surface area contributed by atoms with Crippen LogP contribution in [0.5, 0.6) is 0 Å². The second kappa shape index (κ2) is 10.3. The van der Waals surface area contributed by atoms with Crippen molar-refractivity contribution >= 4 is 29.5 Å². The van der Waals surface area contributed by atoms with Gasteiger partial charge in [-0.25, -0.2) is 0 Å². The lowest BCUT2D eigenvalue weighted by molar-refractivity contribution is -0.130. The van der Waals surface area contributed by atoms with Gasteiger partial charge in [0, 0.05) is 24.4 Å². The minimum Gasteiger partial charge on any atom is -0.465 e. The molecule has 164 valence electrons. The number of likely N-dealkylation sites (N-methyl/N-ethyl adjacent to an activating group) is 1. The van der Waals surface area contributed by atoms with E-state index in [4.69, 9.17) is 4.42 Å². The summed E-state index contributed by atoms with van der Waals surface area (Å²) in [6.45, 7) is 3.69. The maximum atomic E-state index is 13.1. The van der Waals surface area contributed by atoms with Crippen molar-refractivity contribution in [3.05, 3.63) is 95.1 Å². The van der Waals surface area contributed by atoms with Gasteiger partial charge in [-0.1, -0.05) is 30.3 Å². The van der Waals surface area contributed by atoms with Crippen molar-refractivity contribution in [3.63, 3.8) is 0 Å². The number of carbonyl (C=O) groups excluding carboxylic acids is 3. The van der Waals surface area contributed by atoms with Crippen LogP contribution in [0.25, 0.3) is 6.08 Å². The van der Waals surface area contributed by atoms with E-state index in [0.29, 0.717) is 17.0 Å². The summed E-state index contributed by atoms with van der Waals surface area (Å²) in [6.07, 6.45) is 2.90. The van der Waals surface area contributed by atoms with E-state index in [-0.39, 0.29) is 18.1 Å². The Balaban J connectivity index is 1.74. The number of nitrogens with zero attached hydrogens (tertiary/aromatic N) is 1. The van der Waals surface area contributed by atoms with E-state index in [1.54, 1.807) is 42.5 Å². The lowest BCUT2D eigenvalue weighted by Crippen LogP contribution is -2.40. The molecule has 7 nitrogen and oxygen atoms in total. The first-order chi connectivity index (χ1) is 15.3. The predicted molar refractivity (Wildman–Crippen MR) is 123 cm³/mol. The van der Waals surface area contributed by atoms with Crippen LogP contribution >= 0.6 is 0 Å². The fourth-order valence-electron chi connectivity index (χ4n) is 3.02. The molecule has 7 heteroatoms. The SMILES string of the molecule is Cc1cccc(NC(=O)CN(C)C(=O)C(=Cc2ccco2)NC(=O)c2ccccc2)c1C. The average molecular weight is 431 g/mol. The van der Waals surface area contributed by atoms with Gasteiger partial charge in [-0.15, -0.1) is 0 Å². The third-order valence-electron chi connectivity index (χ3n) is 4.95. The van der Waals surface area contributed by atoms with Crippen molar-refractivity contribution in [1.29, 1.82) is 0 Å². The summed E-state index contributed by atoms with van der Waals surface area (Å²) in [5.74, 6) is -0.914. The molecule has 0 aliphatic heterocycles. The number of anilines is 1. The quantitative estimate of drug-likeness (QED) is 0.557. The fourth-order valence-corrected chi connectivity index (χ4v) is 3.02. The smallest absolute Gasteiger partial charge is 0.270 e. The second-order valence-electron chi connectivity index (χ2n) is 7.35. The monoisotopic (exact) mass is 431 g/mol. The Morgan fingerprint density at radius 2 is 1.72 bits per heavy atom. The van der Waals surface area contributed by atoms with Crippen LogP contribution in [0.15, 0.2) is 77.0 Å². The zero-order valence-electron chi connectivity index (χ0n) is 18.2. The Labute approximate surface area is 186 Å². The molecule has 2 N–H and O–H groups in total. The molecule has 3 amide bonds. The molecule has 0 atom stereocenters. The van der Waals surface area contributed by atoms with Gasteiger partial charge in [-0.05, 0) is 55.3 Å². The Bertz CT molecular complexity index is 1140.